The van der Waals surface area contributed by atoms with Gasteiger partial charge in [-0.3, -0.25) is 0 Å². The number of fused-ring (bicyclic) bond motifs is 2. The van der Waals surface area contributed by atoms with Crippen LogP contribution < -0.4 is 5.32 Å². The third kappa shape index (κ3) is 2.04. The molecule has 22 heavy (non-hydrogen) atoms. The lowest BCUT2D eigenvalue weighted by Gasteiger charge is -2.28. The van der Waals surface area contributed by atoms with Crippen LogP contribution in [0.25, 0.3) is 5.78 Å². The highest BCUT2D eigenvalue weighted by Gasteiger charge is 2.22. The summed E-state index contributed by atoms with van der Waals surface area (Å²) < 4.78 is 1.81. The molecule has 0 aliphatic heterocycles. The Bertz CT molecular complexity index is 836. The summed E-state index contributed by atoms with van der Waals surface area (Å²) in [6, 6.07) is 9.03. The Morgan fingerprint density at radius 2 is 2.09 bits per heavy atom. The first-order valence-electron chi connectivity index (χ1n) is 7.75. The van der Waals surface area contributed by atoms with Gasteiger partial charge in [0.15, 0.2) is 0 Å². The van der Waals surface area contributed by atoms with Crippen molar-refractivity contribution in [3.8, 4) is 0 Å². The van der Waals surface area contributed by atoms with E-state index in [4.69, 9.17) is 0 Å². The number of benzene rings is 1. The normalized spacial score (nSPS) is 17.5. The maximum Gasteiger partial charge on any atom is 0.254 e. The Balaban J connectivity index is 1.79. The minimum absolute atomic E-state index is 0.317. The summed E-state index contributed by atoms with van der Waals surface area (Å²) in [7, 11) is 0. The standard InChI is InChI=1S/C17H19N5/c1-11-12(2)20-17-18-10-19-22(17)16(11)21-15-9-5-7-13-6-3-4-8-14(13)15/h3-4,6,8,10,15,21H,5,7,9H2,1-2H3/t15-/m1/s1. The number of aromatic nitrogens is 4. The number of hydrogen-bond acceptors (Lipinski definition) is 4. The van der Waals surface area contributed by atoms with Crippen molar-refractivity contribution in [2.24, 2.45) is 0 Å². The van der Waals surface area contributed by atoms with Crippen molar-refractivity contribution in [3.63, 3.8) is 0 Å². The summed E-state index contributed by atoms with van der Waals surface area (Å²) >= 11 is 0. The molecule has 5 heteroatoms. The molecule has 1 aliphatic carbocycles. The van der Waals surface area contributed by atoms with Gasteiger partial charge in [-0.05, 0) is 44.2 Å². The molecule has 0 spiro atoms. The van der Waals surface area contributed by atoms with Crippen LogP contribution in [-0.2, 0) is 6.42 Å². The first kappa shape index (κ1) is 13.2. The smallest absolute Gasteiger partial charge is 0.254 e. The van der Waals surface area contributed by atoms with Gasteiger partial charge in [-0.2, -0.15) is 14.6 Å². The zero-order valence-corrected chi connectivity index (χ0v) is 12.9. The molecule has 0 saturated heterocycles. The van der Waals surface area contributed by atoms with Gasteiger partial charge in [0.2, 0.25) is 0 Å². The van der Waals surface area contributed by atoms with Crippen molar-refractivity contribution in [2.45, 2.75) is 39.2 Å². The molecule has 1 N–H and O–H groups in total. The molecule has 1 aliphatic rings. The Morgan fingerprint density at radius 1 is 1.23 bits per heavy atom. The van der Waals surface area contributed by atoms with Crippen LogP contribution in [0.1, 0.15) is 41.3 Å². The lowest BCUT2D eigenvalue weighted by atomic mass is 9.87. The van der Waals surface area contributed by atoms with Crippen molar-refractivity contribution >= 4 is 11.6 Å². The van der Waals surface area contributed by atoms with Gasteiger partial charge < -0.3 is 5.32 Å². The second-order valence-corrected chi connectivity index (χ2v) is 5.93. The number of rotatable bonds is 2. The van der Waals surface area contributed by atoms with E-state index in [-0.39, 0.29) is 0 Å². The zero-order chi connectivity index (χ0) is 15.1. The van der Waals surface area contributed by atoms with E-state index in [1.165, 1.54) is 24.0 Å². The molecule has 0 fully saturated rings. The average molecular weight is 293 g/mol. The summed E-state index contributed by atoms with van der Waals surface area (Å²) in [4.78, 5) is 8.70. The van der Waals surface area contributed by atoms with Crippen LogP contribution in [-0.4, -0.2) is 19.6 Å². The van der Waals surface area contributed by atoms with E-state index in [1.54, 1.807) is 10.8 Å². The lowest BCUT2D eigenvalue weighted by molar-refractivity contribution is 0.595. The Hall–Kier alpha value is -2.43. The maximum absolute atomic E-state index is 4.48. The number of nitrogens with zero attached hydrogens (tertiary/aromatic N) is 4. The monoisotopic (exact) mass is 293 g/mol. The fraction of sp³-hybridized carbons (Fsp3) is 0.353. The summed E-state index contributed by atoms with van der Waals surface area (Å²) in [5, 5.41) is 8.02. The van der Waals surface area contributed by atoms with Crippen LogP contribution >= 0.6 is 0 Å². The molecule has 1 atom stereocenters. The van der Waals surface area contributed by atoms with Crippen molar-refractivity contribution in [1.82, 2.24) is 19.6 Å². The van der Waals surface area contributed by atoms with Gasteiger partial charge in [0.05, 0.1) is 6.04 Å². The largest absolute Gasteiger partial charge is 0.363 e. The molecule has 3 aromatic rings. The molecule has 4 rings (SSSR count). The molecule has 2 heterocycles. The summed E-state index contributed by atoms with van der Waals surface area (Å²) in [5.74, 6) is 1.65. The van der Waals surface area contributed by atoms with Crippen LogP contribution in [0.5, 0.6) is 0 Å². The Kier molecular flexibility index (Phi) is 3.06. The van der Waals surface area contributed by atoms with E-state index in [0.29, 0.717) is 11.8 Å². The first-order valence-corrected chi connectivity index (χ1v) is 7.75. The SMILES string of the molecule is Cc1nc2ncnn2c(N[C@@H]2CCCc3ccccc32)c1C. The minimum atomic E-state index is 0.317. The molecule has 0 unspecified atom stereocenters. The van der Waals surface area contributed by atoms with Gasteiger partial charge in [0.25, 0.3) is 5.78 Å². The molecular formula is C17H19N5. The predicted molar refractivity (Wildman–Crippen MR) is 86.0 cm³/mol. The van der Waals surface area contributed by atoms with Crippen molar-refractivity contribution in [3.05, 3.63) is 53.0 Å². The van der Waals surface area contributed by atoms with Crippen molar-refractivity contribution in [1.29, 1.82) is 0 Å². The van der Waals surface area contributed by atoms with Crippen LogP contribution in [0.4, 0.5) is 5.82 Å². The van der Waals surface area contributed by atoms with E-state index in [9.17, 15) is 0 Å². The summed E-state index contributed by atoms with van der Waals surface area (Å²) in [6.45, 7) is 4.10. The molecule has 0 radical (unpaired) electrons. The van der Waals surface area contributed by atoms with E-state index in [0.717, 1.165) is 23.5 Å². The van der Waals surface area contributed by atoms with E-state index >= 15 is 0 Å². The number of nitrogens with one attached hydrogen (secondary N) is 1. The zero-order valence-electron chi connectivity index (χ0n) is 12.9. The van der Waals surface area contributed by atoms with Crippen LogP contribution in [0.15, 0.2) is 30.6 Å². The fourth-order valence-corrected chi connectivity index (χ4v) is 3.27. The second kappa shape index (κ2) is 5.09. The van der Waals surface area contributed by atoms with Crippen molar-refractivity contribution < 1.29 is 0 Å². The number of anilines is 1. The second-order valence-electron chi connectivity index (χ2n) is 5.93. The predicted octanol–water partition coefficient (Wildman–Crippen LogP) is 3.23. The third-order valence-electron chi connectivity index (χ3n) is 4.59. The van der Waals surface area contributed by atoms with Crippen LogP contribution in [0.3, 0.4) is 0 Å². The highest BCUT2D eigenvalue weighted by Crippen LogP contribution is 2.33. The van der Waals surface area contributed by atoms with E-state index < -0.39 is 0 Å². The van der Waals surface area contributed by atoms with Crippen LogP contribution in [0, 0.1) is 13.8 Å². The van der Waals surface area contributed by atoms with E-state index in [2.05, 4.69) is 51.6 Å². The van der Waals surface area contributed by atoms with E-state index in [1.807, 2.05) is 6.92 Å². The fourth-order valence-electron chi connectivity index (χ4n) is 3.27. The highest BCUT2D eigenvalue weighted by molar-refractivity contribution is 5.53. The van der Waals surface area contributed by atoms with Gasteiger partial charge in [-0.15, -0.1) is 0 Å². The van der Waals surface area contributed by atoms with Gasteiger partial charge in [0, 0.05) is 11.3 Å². The molecule has 1 aromatic carbocycles. The van der Waals surface area contributed by atoms with Gasteiger partial charge in [0.1, 0.15) is 12.1 Å². The summed E-state index contributed by atoms with van der Waals surface area (Å²) in [5.41, 5.74) is 4.97. The Morgan fingerprint density at radius 3 is 3.00 bits per heavy atom. The van der Waals surface area contributed by atoms with Gasteiger partial charge >= 0.3 is 0 Å². The lowest BCUT2D eigenvalue weighted by Crippen LogP contribution is -2.20. The average Bonchev–Trinajstić information content (AvgIpc) is 3.00. The van der Waals surface area contributed by atoms with Crippen LogP contribution in [0.2, 0.25) is 0 Å². The van der Waals surface area contributed by atoms with Gasteiger partial charge in [-0.25, -0.2) is 4.98 Å². The molecular weight excluding hydrogens is 274 g/mol. The first-order chi connectivity index (χ1) is 10.7. The minimum Gasteiger partial charge on any atom is -0.363 e. The van der Waals surface area contributed by atoms with Crippen molar-refractivity contribution in [2.75, 3.05) is 5.32 Å². The van der Waals surface area contributed by atoms with Gasteiger partial charge in [-0.1, -0.05) is 24.3 Å². The third-order valence-corrected chi connectivity index (χ3v) is 4.59. The molecule has 2 aromatic heterocycles. The summed E-state index contributed by atoms with van der Waals surface area (Å²) in [6.07, 6.45) is 5.06. The quantitative estimate of drug-likeness (QED) is 0.788. The number of hydrogen-bond donors (Lipinski definition) is 1. The molecule has 5 nitrogen and oxygen atoms in total. The molecule has 112 valence electrons. The maximum atomic E-state index is 4.48. The molecule has 0 amide bonds. The highest BCUT2D eigenvalue weighted by atomic mass is 15.4. The molecule has 0 saturated carbocycles. The topological polar surface area (TPSA) is 55.1 Å². The Labute approximate surface area is 129 Å². The number of aryl methyl sites for hydroxylation is 2. The molecule has 0 bridgehead atoms.